The van der Waals surface area contributed by atoms with Crippen LogP contribution >= 0.6 is 0 Å². The first-order chi connectivity index (χ1) is 7.06. The molecule has 0 fully saturated rings. The Bertz CT molecular complexity index is 330. The number of rotatable bonds is 3. The third kappa shape index (κ3) is 2.80. The molecule has 0 aliphatic heterocycles. The zero-order valence-electron chi connectivity index (χ0n) is 9.53. The zero-order valence-corrected chi connectivity index (χ0v) is 9.53. The lowest BCUT2D eigenvalue weighted by atomic mass is 10.1. The molecule has 0 saturated heterocycles. The van der Waals surface area contributed by atoms with Gasteiger partial charge in [0.15, 0.2) is 0 Å². The Morgan fingerprint density at radius 3 is 2.27 bits per heavy atom. The van der Waals surface area contributed by atoms with Gasteiger partial charge in [0.25, 0.3) is 5.91 Å². The van der Waals surface area contributed by atoms with Crippen LogP contribution in [0.15, 0.2) is 24.3 Å². The average molecular weight is 206 g/mol. The second-order valence-corrected chi connectivity index (χ2v) is 3.91. The molecule has 0 bridgehead atoms. The predicted molar refractivity (Wildman–Crippen MR) is 61.6 cm³/mol. The lowest BCUT2D eigenvalue weighted by Gasteiger charge is -2.21. The van der Waals surface area contributed by atoms with Crippen molar-refractivity contribution in [2.24, 2.45) is 5.73 Å². The largest absolute Gasteiger partial charge is 0.339 e. The van der Waals surface area contributed by atoms with E-state index in [0.717, 1.165) is 5.56 Å². The van der Waals surface area contributed by atoms with E-state index in [1.54, 1.807) is 4.90 Å². The summed E-state index contributed by atoms with van der Waals surface area (Å²) in [6.45, 7) is 4.49. The quantitative estimate of drug-likeness (QED) is 0.817. The Hall–Kier alpha value is -1.35. The van der Waals surface area contributed by atoms with Gasteiger partial charge < -0.3 is 10.6 Å². The lowest BCUT2D eigenvalue weighted by Crippen LogP contribution is -2.32. The van der Waals surface area contributed by atoms with Crippen LogP contribution in [0, 0.1) is 0 Å². The van der Waals surface area contributed by atoms with Crippen molar-refractivity contribution in [3.8, 4) is 0 Å². The number of carbonyl (C=O) groups excluding carboxylic acids is 1. The van der Waals surface area contributed by atoms with E-state index in [-0.39, 0.29) is 11.9 Å². The van der Waals surface area contributed by atoms with Gasteiger partial charge in [-0.25, -0.2) is 0 Å². The molecule has 0 unspecified atom stereocenters. The van der Waals surface area contributed by atoms with Crippen molar-refractivity contribution in [1.82, 2.24) is 4.90 Å². The molecule has 0 heterocycles. The molecule has 3 heteroatoms. The maximum Gasteiger partial charge on any atom is 0.253 e. The fraction of sp³-hybridized carbons (Fsp3) is 0.417. The van der Waals surface area contributed by atoms with Gasteiger partial charge in [-0.3, -0.25) is 4.79 Å². The van der Waals surface area contributed by atoms with Crippen LogP contribution in [0.1, 0.15) is 29.8 Å². The molecule has 0 radical (unpaired) electrons. The Morgan fingerprint density at radius 2 is 1.87 bits per heavy atom. The standard InChI is InChI=1S/C12H18N2O/c1-9(2)14(3)12(15)11-6-4-10(8-13)5-7-11/h4-7,9H,8,13H2,1-3H3. The van der Waals surface area contributed by atoms with E-state index in [2.05, 4.69) is 0 Å². The highest BCUT2D eigenvalue weighted by atomic mass is 16.2. The van der Waals surface area contributed by atoms with Gasteiger partial charge in [-0.15, -0.1) is 0 Å². The molecule has 1 aromatic rings. The molecule has 1 rings (SSSR count). The van der Waals surface area contributed by atoms with Crippen molar-refractivity contribution in [2.45, 2.75) is 26.4 Å². The van der Waals surface area contributed by atoms with Crippen molar-refractivity contribution < 1.29 is 4.79 Å². The summed E-state index contributed by atoms with van der Waals surface area (Å²) < 4.78 is 0. The second-order valence-electron chi connectivity index (χ2n) is 3.91. The van der Waals surface area contributed by atoms with E-state index in [1.165, 1.54) is 0 Å². The summed E-state index contributed by atoms with van der Waals surface area (Å²) in [5.74, 6) is 0.0496. The minimum Gasteiger partial charge on any atom is -0.339 e. The van der Waals surface area contributed by atoms with Crippen LogP contribution in [-0.2, 0) is 6.54 Å². The van der Waals surface area contributed by atoms with Crippen molar-refractivity contribution in [3.05, 3.63) is 35.4 Å². The first kappa shape index (κ1) is 11.7. The molecule has 0 aliphatic carbocycles. The van der Waals surface area contributed by atoms with Gasteiger partial charge in [-0.05, 0) is 31.5 Å². The zero-order chi connectivity index (χ0) is 11.4. The predicted octanol–water partition coefficient (Wildman–Crippen LogP) is 1.63. The summed E-state index contributed by atoms with van der Waals surface area (Å²) >= 11 is 0. The minimum absolute atomic E-state index is 0.0496. The summed E-state index contributed by atoms with van der Waals surface area (Å²) in [6, 6.07) is 7.64. The second kappa shape index (κ2) is 4.94. The van der Waals surface area contributed by atoms with E-state index >= 15 is 0 Å². The maximum atomic E-state index is 11.9. The Kier molecular flexibility index (Phi) is 3.86. The molecule has 0 spiro atoms. The maximum absolute atomic E-state index is 11.9. The molecular weight excluding hydrogens is 188 g/mol. The van der Waals surface area contributed by atoms with Crippen LogP contribution in [0.25, 0.3) is 0 Å². The average Bonchev–Trinajstić information content (AvgIpc) is 2.27. The molecule has 0 saturated carbocycles. The van der Waals surface area contributed by atoms with E-state index in [4.69, 9.17) is 5.73 Å². The molecule has 0 atom stereocenters. The van der Waals surface area contributed by atoms with Gasteiger partial charge in [-0.1, -0.05) is 12.1 Å². The lowest BCUT2D eigenvalue weighted by molar-refractivity contribution is 0.0755. The number of hydrogen-bond acceptors (Lipinski definition) is 2. The SMILES string of the molecule is CC(C)N(C)C(=O)c1ccc(CN)cc1. The first-order valence-electron chi connectivity index (χ1n) is 5.12. The third-order valence-electron chi connectivity index (χ3n) is 2.53. The molecular formula is C12H18N2O. The van der Waals surface area contributed by atoms with E-state index in [9.17, 15) is 4.79 Å². The minimum atomic E-state index is 0.0496. The van der Waals surface area contributed by atoms with Crippen LogP contribution in [0.4, 0.5) is 0 Å². The topological polar surface area (TPSA) is 46.3 Å². The number of carbonyl (C=O) groups is 1. The van der Waals surface area contributed by atoms with Gasteiger partial charge in [0.05, 0.1) is 0 Å². The molecule has 1 amide bonds. The molecule has 1 aromatic carbocycles. The monoisotopic (exact) mass is 206 g/mol. The number of hydrogen-bond donors (Lipinski definition) is 1. The van der Waals surface area contributed by atoms with Crippen LogP contribution < -0.4 is 5.73 Å². The Morgan fingerprint density at radius 1 is 1.33 bits per heavy atom. The smallest absolute Gasteiger partial charge is 0.253 e. The molecule has 0 aliphatic rings. The van der Waals surface area contributed by atoms with Gasteiger partial charge in [0, 0.05) is 25.2 Å². The first-order valence-corrected chi connectivity index (χ1v) is 5.12. The number of nitrogens with two attached hydrogens (primary N) is 1. The van der Waals surface area contributed by atoms with Crippen LogP contribution in [0.2, 0.25) is 0 Å². The van der Waals surface area contributed by atoms with E-state index < -0.39 is 0 Å². The molecule has 3 nitrogen and oxygen atoms in total. The summed E-state index contributed by atoms with van der Waals surface area (Å²) in [5, 5.41) is 0. The highest BCUT2D eigenvalue weighted by Crippen LogP contribution is 2.08. The molecule has 0 aromatic heterocycles. The molecule has 15 heavy (non-hydrogen) atoms. The Labute approximate surface area is 90.9 Å². The summed E-state index contributed by atoms with van der Waals surface area (Å²) in [6.07, 6.45) is 0. The van der Waals surface area contributed by atoms with E-state index in [0.29, 0.717) is 12.1 Å². The van der Waals surface area contributed by atoms with Crippen LogP contribution in [0.5, 0.6) is 0 Å². The van der Waals surface area contributed by atoms with Crippen molar-refractivity contribution in [3.63, 3.8) is 0 Å². The number of nitrogens with zero attached hydrogens (tertiary/aromatic N) is 1. The van der Waals surface area contributed by atoms with Gasteiger partial charge in [-0.2, -0.15) is 0 Å². The highest BCUT2D eigenvalue weighted by Gasteiger charge is 2.13. The number of amides is 1. The van der Waals surface area contributed by atoms with Crippen molar-refractivity contribution >= 4 is 5.91 Å². The molecule has 82 valence electrons. The van der Waals surface area contributed by atoms with Crippen LogP contribution in [0.3, 0.4) is 0 Å². The van der Waals surface area contributed by atoms with E-state index in [1.807, 2.05) is 45.2 Å². The van der Waals surface area contributed by atoms with Gasteiger partial charge in [0.2, 0.25) is 0 Å². The van der Waals surface area contributed by atoms with Crippen molar-refractivity contribution in [2.75, 3.05) is 7.05 Å². The van der Waals surface area contributed by atoms with Gasteiger partial charge in [0.1, 0.15) is 0 Å². The number of benzene rings is 1. The fourth-order valence-corrected chi connectivity index (χ4v) is 1.22. The van der Waals surface area contributed by atoms with Gasteiger partial charge >= 0.3 is 0 Å². The Balaban J connectivity index is 2.83. The summed E-state index contributed by atoms with van der Waals surface area (Å²) in [7, 11) is 1.81. The van der Waals surface area contributed by atoms with Crippen molar-refractivity contribution in [1.29, 1.82) is 0 Å². The van der Waals surface area contributed by atoms with Crippen LogP contribution in [-0.4, -0.2) is 23.9 Å². The normalized spacial score (nSPS) is 10.5. The summed E-state index contributed by atoms with van der Waals surface area (Å²) in [5.41, 5.74) is 7.24. The molecule has 2 N–H and O–H groups in total. The highest BCUT2D eigenvalue weighted by molar-refractivity contribution is 5.94. The third-order valence-corrected chi connectivity index (χ3v) is 2.53. The fourth-order valence-electron chi connectivity index (χ4n) is 1.22. The summed E-state index contributed by atoms with van der Waals surface area (Å²) in [4.78, 5) is 13.6.